The van der Waals surface area contributed by atoms with Crippen molar-refractivity contribution in [2.45, 2.75) is 32.2 Å². The third-order valence-corrected chi connectivity index (χ3v) is 3.81. The first-order chi connectivity index (χ1) is 9.46. The van der Waals surface area contributed by atoms with E-state index < -0.39 is 0 Å². The van der Waals surface area contributed by atoms with Gasteiger partial charge < -0.3 is 11.1 Å². The molecule has 1 aromatic carbocycles. The molecule has 3 N–H and O–H groups in total. The van der Waals surface area contributed by atoms with Crippen molar-refractivity contribution in [2.75, 3.05) is 11.1 Å². The Labute approximate surface area is 128 Å². The van der Waals surface area contributed by atoms with Gasteiger partial charge in [-0.25, -0.2) is 4.98 Å². The number of anilines is 2. The SMILES string of the molecule is CC(C)(CCc1ccccc1)Nc1ncc(N)cc1Br. The Kier molecular flexibility index (Phi) is 4.65. The van der Waals surface area contributed by atoms with Gasteiger partial charge in [-0.2, -0.15) is 0 Å². The number of pyridine rings is 1. The topological polar surface area (TPSA) is 50.9 Å². The summed E-state index contributed by atoms with van der Waals surface area (Å²) in [6, 6.07) is 12.4. The fourth-order valence-corrected chi connectivity index (χ4v) is 2.50. The minimum atomic E-state index is -0.0402. The first-order valence-corrected chi connectivity index (χ1v) is 7.49. The standard InChI is InChI=1S/C16H20BrN3/c1-16(2,9-8-12-6-4-3-5-7-12)20-15-14(17)10-13(18)11-19-15/h3-7,10-11H,8-9,18H2,1-2H3,(H,19,20). The molecule has 1 heterocycles. The number of hydrogen-bond donors (Lipinski definition) is 2. The van der Waals surface area contributed by atoms with Crippen LogP contribution in [0.5, 0.6) is 0 Å². The summed E-state index contributed by atoms with van der Waals surface area (Å²) in [7, 11) is 0. The third kappa shape index (κ3) is 4.23. The first-order valence-electron chi connectivity index (χ1n) is 6.69. The fraction of sp³-hybridized carbons (Fsp3) is 0.312. The highest BCUT2D eigenvalue weighted by Crippen LogP contribution is 2.26. The van der Waals surface area contributed by atoms with Gasteiger partial charge in [0, 0.05) is 5.54 Å². The van der Waals surface area contributed by atoms with E-state index in [4.69, 9.17) is 5.73 Å². The van der Waals surface area contributed by atoms with Gasteiger partial charge in [0.2, 0.25) is 0 Å². The largest absolute Gasteiger partial charge is 0.397 e. The first kappa shape index (κ1) is 14.9. The van der Waals surface area contributed by atoms with Gasteiger partial charge in [-0.1, -0.05) is 30.3 Å². The summed E-state index contributed by atoms with van der Waals surface area (Å²) < 4.78 is 0.894. The Morgan fingerprint density at radius 2 is 1.95 bits per heavy atom. The predicted octanol–water partition coefficient (Wildman–Crippen LogP) is 4.25. The van der Waals surface area contributed by atoms with Gasteiger partial charge in [0.1, 0.15) is 5.82 Å². The lowest BCUT2D eigenvalue weighted by atomic mass is 9.95. The van der Waals surface area contributed by atoms with E-state index in [0.717, 1.165) is 23.1 Å². The van der Waals surface area contributed by atoms with Crippen molar-refractivity contribution in [1.82, 2.24) is 4.98 Å². The number of nitrogens with two attached hydrogens (primary N) is 1. The van der Waals surface area contributed by atoms with Crippen LogP contribution in [-0.2, 0) is 6.42 Å². The molecule has 2 aromatic rings. The van der Waals surface area contributed by atoms with Gasteiger partial charge in [0.25, 0.3) is 0 Å². The Balaban J connectivity index is 2.00. The third-order valence-electron chi connectivity index (χ3n) is 3.20. The normalized spacial score (nSPS) is 11.3. The molecular formula is C16H20BrN3. The molecule has 0 atom stereocenters. The van der Waals surface area contributed by atoms with E-state index in [9.17, 15) is 0 Å². The van der Waals surface area contributed by atoms with Crippen molar-refractivity contribution >= 4 is 27.4 Å². The summed E-state index contributed by atoms with van der Waals surface area (Å²) in [5, 5.41) is 3.47. The highest BCUT2D eigenvalue weighted by Gasteiger charge is 2.19. The summed E-state index contributed by atoms with van der Waals surface area (Å²) in [6.07, 6.45) is 3.73. The minimum absolute atomic E-state index is 0.0402. The maximum absolute atomic E-state index is 5.71. The van der Waals surface area contributed by atoms with E-state index in [1.54, 1.807) is 6.20 Å². The molecular weight excluding hydrogens is 314 g/mol. The van der Waals surface area contributed by atoms with Crippen LogP contribution < -0.4 is 11.1 Å². The highest BCUT2D eigenvalue weighted by atomic mass is 79.9. The van der Waals surface area contributed by atoms with E-state index in [2.05, 4.69) is 64.3 Å². The van der Waals surface area contributed by atoms with Crippen LogP contribution in [0, 0.1) is 0 Å². The molecule has 20 heavy (non-hydrogen) atoms. The summed E-state index contributed by atoms with van der Waals surface area (Å²) in [6.45, 7) is 4.36. The Hall–Kier alpha value is -1.55. The summed E-state index contributed by atoms with van der Waals surface area (Å²) in [4.78, 5) is 4.34. The fourth-order valence-electron chi connectivity index (χ4n) is 2.03. The van der Waals surface area contributed by atoms with Crippen molar-refractivity contribution in [3.05, 3.63) is 52.6 Å². The molecule has 0 radical (unpaired) electrons. The van der Waals surface area contributed by atoms with Crippen LogP contribution in [0.4, 0.5) is 11.5 Å². The van der Waals surface area contributed by atoms with E-state index in [0.29, 0.717) is 5.69 Å². The Morgan fingerprint density at radius 1 is 1.25 bits per heavy atom. The zero-order chi connectivity index (χ0) is 14.6. The number of nitrogens with zero attached hydrogens (tertiary/aromatic N) is 1. The van der Waals surface area contributed by atoms with Gasteiger partial charge in [0.15, 0.2) is 0 Å². The number of hydrogen-bond acceptors (Lipinski definition) is 3. The molecule has 0 fully saturated rings. The second kappa shape index (κ2) is 6.27. The van der Waals surface area contributed by atoms with Crippen molar-refractivity contribution in [1.29, 1.82) is 0 Å². The van der Waals surface area contributed by atoms with Crippen LogP contribution in [0.3, 0.4) is 0 Å². The number of aryl methyl sites for hydroxylation is 1. The lowest BCUT2D eigenvalue weighted by Gasteiger charge is -2.27. The molecule has 4 heteroatoms. The lowest BCUT2D eigenvalue weighted by molar-refractivity contribution is 0.516. The maximum atomic E-state index is 5.71. The van der Waals surface area contributed by atoms with E-state index in [1.807, 2.05) is 12.1 Å². The van der Waals surface area contributed by atoms with E-state index in [1.165, 1.54) is 5.56 Å². The van der Waals surface area contributed by atoms with Gasteiger partial charge in [-0.05, 0) is 54.2 Å². The average molecular weight is 334 g/mol. The van der Waals surface area contributed by atoms with Crippen molar-refractivity contribution in [3.8, 4) is 0 Å². The molecule has 0 aliphatic rings. The second-order valence-corrected chi connectivity index (χ2v) is 6.45. The molecule has 1 aromatic heterocycles. The second-order valence-electron chi connectivity index (χ2n) is 5.59. The number of halogens is 1. The zero-order valence-electron chi connectivity index (χ0n) is 11.9. The smallest absolute Gasteiger partial charge is 0.140 e. The molecule has 0 saturated heterocycles. The van der Waals surface area contributed by atoms with Crippen molar-refractivity contribution in [3.63, 3.8) is 0 Å². The monoisotopic (exact) mass is 333 g/mol. The van der Waals surface area contributed by atoms with Crippen LogP contribution in [-0.4, -0.2) is 10.5 Å². The molecule has 0 spiro atoms. The number of aromatic nitrogens is 1. The molecule has 0 aliphatic heterocycles. The van der Waals surface area contributed by atoms with Gasteiger partial charge in [0.05, 0.1) is 16.4 Å². The molecule has 0 bridgehead atoms. The van der Waals surface area contributed by atoms with Crippen LogP contribution >= 0.6 is 15.9 Å². The Bertz CT molecular complexity index is 567. The Morgan fingerprint density at radius 3 is 2.60 bits per heavy atom. The molecule has 0 unspecified atom stereocenters. The number of nitrogen functional groups attached to an aromatic ring is 1. The average Bonchev–Trinajstić information content (AvgIpc) is 2.41. The van der Waals surface area contributed by atoms with Crippen LogP contribution in [0.15, 0.2) is 47.1 Å². The van der Waals surface area contributed by atoms with E-state index in [-0.39, 0.29) is 5.54 Å². The van der Waals surface area contributed by atoms with Gasteiger partial charge in [-0.3, -0.25) is 0 Å². The van der Waals surface area contributed by atoms with Crippen LogP contribution in [0.25, 0.3) is 0 Å². The summed E-state index contributed by atoms with van der Waals surface area (Å²) in [5.41, 5.74) is 7.68. The lowest BCUT2D eigenvalue weighted by Crippen LogP contribution is -2.32. The predicted molar refractivity (Wildman–Crippen MR) is 88.8 cm³/mol. The van der Waals surface area contributed by atoms with E-state index >= 15 is 0 Å². The van der Waals surface area contributed by atoms with Gasteiger partial charge in [-0.15, -0.1) is 0 Å². The van der Waals surface area contributed by atoms with Crippen molar-refractivity contribution in [2.24, 2.45) is 0 Å². The number of benzene rings is 1. The quantitative estimate of drug-likeness (QED) is 0.859. The van der Waals surface area contributed by atoms with Gasteiger partial charge >= 0.3 is 0 Å². The summed E-state index contributed by atoms with van der Waals surface area (Å²) >= 11 is 3.49. The maximum Gasteiger partial charge on any atom is 0.140 e. The molecule has 3 nitrogen and oxygen atoms in total. The van der Waals surface area contributed by atoms with Crippen molar-refractivity contribution < 1.29 is 0 Å². The number of rotatable bonds is 5. The van der Waals surface area contributed by atoms with Crippen LogP contribution in [0.2, 0.25) is 0 Å². The molecule has 0 aliphatic carbocycles. The molecule has 0 amide bonds. The molecule has 0 saturated carbocycles. The summed E-state index contributed by atoms with van der Waals surface area (Å²) in [5.74, 6) is 0.831. The minimum Gasteiger partial charge on any atom is -0.397 e. The highest BCUT2D eigenvalue weighted by molar-refractivity contribution is 9.10. The number of nitrogens with one attached hydrogen (secondary N) is 1. The molecule has 2 rings (SSSR count). The molecule has 106 valence electrons. The van der Waals surface area contributed by atoms with Crippen LogP contribution in [0.1, 0.15) is 25.8 Å². The zero-order valence-corrected chi connectivity index (χ0v) is 13.4.